The summed E-state index contributed by atoms with van der Waals surface area (Å²) >= 11 is 6.88. The van der Waals surface area contributed by atoms with Gasteiger partial charge in [0.25, 0.3) is 0 Å². The van der Waals surface area contributed by atoms with Crippen LogP contribution in [-0.4, -0.2) is 38.6 Å². The fourth-order valence-electron chi connectivity index (χ4n) is 2.39. The lowest BCUT2D eigenvalue weighted by Crippen LogP contribution is -2.22. The van der Waals surface area contributed by atoms with Crippen LogP contribution in [-0.2, 0) is 20.3 Å². The second kappa shape index (κ2) is 7.77. The highest BCUT2D eigenvalue weighted by Gasteiger charge is 2.08. The monoisotopic (exact) mass is 376 g/mol. The molecule has 0 bridgehead atoms. The molecule has 0 fully saturated rings. The fourth-order valence-corrected chi connectivity index (χ4v) is 3.40. The van der Waals surface area contributed by atoms with Gasteiger partial charge in [0, 0.05) is 31.0 Å². The lowest BCUT2D eigenvalue weighted by atomic mass is 10.3. The quantitative estimate of drug-likeness (QED) is 0.639. The molecule has 1 N–H and O–H groups in total. The summed E-state index contributed by atoms with van der Waals surface area (Å²) in [5.74, 6) is 0.820. The van der Waals surface area contributed by atoms with Crippen LogP contribution in [0.25, 0.3) is 0 Å². The highest BCUT2D eigenvalue weighted by molar-refractivity contribution is 7.73. The van der Waals surface area contributed by atoms with Gasteiger partial charge in [-0.25, -0.2) is 4.68 Å². The van der Waals surface area contributed by atoms with Gasteiger partial charge in [-0.1, -0.05) is 11.3 Å². The first-order valence-corrected chi connectivity index (χ1v) is 8.91. The standard InChI is InChI=1S/C16H20N6OS2/c1-20(9-12-8-17-21(2)10-12)11-22-16(24)25-15(19-22)18-13-4-6-14(23-3)7-5-13/h4-8,10H,9,11H2,1-3H3,(H,18,19). The lowest BCUT2D eigenvalue weighted by Gasteiger charge is -2.15. The average molecular weight is 377 g/mol. The molecule has 0 aliphatic heterocycles. The van der Waals surface area contributed by atoms with Crippen LogP contribution < -0.4 is 10.1 Å². The van der Waals surface area contributed by atoms with Gasteiger partial charge in [-0.2, -0.15) is 5.10 Å². The summed E-state index contributed by atoms with van der Waals surface area (Å²) in [5.41, 5.74) is 2.10. The van der Waals surface area contributed by atoms with Crippen molar-refractivity contribution in [2.75, 3.05) is 19.5 Å². The van der Waals surface area contributed by atoms with Crippen LogP contribution in [0.5, 0.6) is 5.75 Å². The van der Waals surface area contributed by atoms with E-state index < -0.39 is 0 Å². The maximum atomic E-state index is 5.43. The van der Waals surface area contributed by atoms with E-state index in [1.165, 1.54) is 11.3 Å². The predicted molar refractivity (Wildman–Crippen MR) is 102 cm³/mol. The van der Waals surface area contributed by atoms with Crippen LogP contribution in [0.3, 0.4) is 0 Å². The second-order valence-electron chi connectivity index (χ2n) is 5.70. The Balaban J connectivity index is 1.64. The largest absolute Gasteiger partial charge is 0.497 e. The lowest BCUT2D eigenvalue weighted by molar-refractivity contribution is 0.245. The summed E-state index contributed by atoms with van der Waals surface area (Å²) in [6, 6.07) is 7.70. The third kappa shape index (κ3) is 4.65. The zero-order valence-corrected chi connectivity index (χ0v) is 16.0. The number of aromatic nitrogens is 4. The number of ether oxygens (including phenoxy) is 1. The first-order valence-electron chi connectivity index (χ1n) is 7.68. The van der Waals surface area contributed by atoms with Crippen LogP contribution in [0, 0.1) is 3.95 Å². The molecule has 0 spiro atoms. The van der Waals surface area contributed by atoms with Crippen LogP contribution >= 0.6 is 23.6 Å². The number of hydrogen-bond donors (Lipinski definition) is 1. The van der Waals surface area contributed by atoms with E-state index in [9.17, 15) is 0 Å². The van der Waals surface area contributed by atoms with Gasteiger partial charge < -0.3 is 10.1 Å². The molecule has 3 aromatic rings. The Morgan fingerprint density at radius 3 is 2.72 bits per heavy atom. The molecule has 0 saturated carbocycles. The van der Waals surface area contributed by atoms with Gasteiger partial charge in [0.1, 0.15) is 5.75 Å². The molecule has 0 aliphatic carbocycles. The third-order valence-corrected chi connectivity index (χ3v) is 4.76. The number of aryl methyl sites for hydroxylation is 1. The molecule has 0 radical (unpaired) electrons. The molecule has 2 aromatic heterocycles. The van der Waals surface area contributed by atoms with Gasteiger partial charge in [-0.3, -0.25) is 9.58 Å². The van der Waals surface area contributed by atoms with Crippen molar-refractivity contribution in [3.05, 3.63) is 46.2 Å². The Labute approximate surface area is 155 Å². The Morgan fingerprint density at radius 2 is 2.08 bits per heavy atom. The summed E-state index contributed by atoms with van der Waals surface area (Å²) in [6.45, 7) is 1.41. The molecule has 0 aliphatic rings. The van der Waals surface area contributed by atoms with Crippen LogP contribution in [0.4, 0.5) is 10.8 Å². The number of nitrogens with zero attached hydrogens (tertiary/aromatic N) is 5. The summed E-state index contributed by atoms with van der Waals surface area (Å²) < 4.78 is 9.52. The van der Waals surface area contributed by atoms with E-state index in [0.29, 0.717) is 6.67 Å². The first kappa shape index (κ1) is 17.6. The van der Waals surface area contributed by atoms with Crippen molar-refractivity contribution in [1.82, 2.24) is 24.5 Å². The molecule has 25 heavy (non-hydrogen) atoms. The Morgan fingerprint density at radius 1 is 1.32 bits per heavy atom. The average Bonchev–Trinajstić information content (AvgIpc) is 3.14. The van der Waals surface area contributed by atoms with E-state index in [1.54, 1.807) is 11.8 Å². The predicted octanol–water partition coefficient (Wildman–Crippen LogP) is 3.25. The van der Waals surface area contributed by atoms with E-state index >= 15 is 0 Å². The van der Waals surface area contributed by atoms with Crippen LogP contribution in [0.15, 0.2) is 36.7 Å². The molecule has 0 amide bonds. The molecule has 1 aromatic carbocycles. The molecular weight excluding hydrogens is 356 g/mol. The normalized spacial score (nSPS) is 11.0. The van der Waals surface area contributed by atoms with Gasteiger partial charge in [0.05, 0.1) is 20.0 Å². The molecule has 3 rings (SSSR count). The molecule has 0 atom stereocenters. The zero-order valence-electron chi connectivity index (χ0n) is 14.3. The maximum absolute atomic E-state index is 5.43. The van der Waals surface area contributed by atoms with Crippen LogP contribution in [0.1, 0.15) is 5.56 Å². The van der Waals surface area contributed by atoms with E-state index in [4.69, 9.17) is 17.0 Å². The van der Waals surface area contributed by atoms with Gasteiger partial charge in [-0.05, 0) is 43.5 Å². The van der Waals surface area contributed by atoms with Crippen molar-refractivity contribution >= 4 is 34.4 Å². The van der Waals surface area contributed by atoms with E-state index in [1.807, 2.05) is 55.4 Å². The molecule has 7 nitrogen and oxygen atoms in total. The minimum Gasteiger partial charge on any atom is -0.497 e. The summed E-state index contributed by atoms with van der Waals surface area (Å²) in [4.78, 5) is 2.14. The molecule has 0 unspecified atom stereocenters. The van der Waals surface area contributed by atoms with Gasteiger partial charge in [0.15, 0.2) is 3.95 Å². The number of anilines is 2. The Hall–Kier alpha value is -2.23. The molecule has 9 heteroatoms. The topological polar surface area (TPSA) is 60.1 Å². The minimum absolute atomic E-state index is 0.620. The third-order valence-electron chi connectivity index (χ3n) is 3.53. The highest BCUT2D eigenvalue weighted by Crippen LogP contribution is 2.22. The molecule has 0 saturated heterocycles. The first-order chi connectivity index (χ1) is 12.0. The smallest absolute Gasteiger partial charge is 0.209 e. The molecule has 132 valence electrons. The van der Waals surface area contributed by atoms with Crippen molar-refractivity contribution in [2.45, 2.75) is 13.2 Å². The van der Waals surface area contributed by atoms with Crippen molar-refractivity contribution in [2.24, 2.45) is 7.05 Å². The van der Waals surface area contributed by atoms with Crippen molar-refractivity contribution in [1.29, 1.82) is 0 Å². The number of hydrogen-bond acceptors (Lipinski definition) is 7. The van der Waals surface area contributed by atoms with E-state index in [0.717, 1.165) is 32.6 Å². The Bertz CT molecular complexity index is 883. The molecule has 2 heterocycles. The van der Waals surface area contributed by atoms with Gasteiger partial charge >= 0.3 is 0 Å². The number of benzene rings is 1. The van der Waals surface area contributed by atoms with Crippen molar-refractivity contribution < 1.29 is 4.74 Å². The number of methoxy groups -OCH3 is 1. The van der Waals surface area contributed by atoms with E-state index in [-0.39, 0.29) is 0 Å². The van der Waals surface area contributed by atoms with Gasteiger partial charge in [0.2, 0.25) is 5.13 Å². The van der Waals surface area contributed by atoms with E-state index in [2.05, 4.69) is 20.4 Å². The Kier molecular flexibility index (Phi) is 5.47. The number of nitrogens with one attached hydrogen (secondary N) is 1. The van der Waals surface area contributed by atoms with Crippen LogP contribution in [0.2, 0.25) is 0 Å². The second-order valence-corrected chi connectivity index (χ2v) is 7.33. The van der Waals surface area contributed by atoms with Crippen molar-refractivity contribution in [3.8, 4) is 5.75 Å². The summed E-state index contributed by atoms with van der Waals surface area (Å²) in [7, 11) is 5.60. The molecular formula is C16H20N6OS2. The summed E-state index contributed by atoms with van der Waals surface area (Å²) in [5, 5.41) is 12.8. The summed E-state index contributed by atoms with van der Waals surface area (Å²) in [6.07, 6.45) is 3.88. The SMILES string of the molecule is COc1ccc(Nc2nn(CN(C)Cc3cnn(C)c3)c(=S)s2)cc1. The van der Waals surface area contributed by atoms with Gasteiger partial charge in [-0.15, -0.1) is 5.10 Å². The minimum atomic E-state index is 0.620. The highest BCUT2D eigenvalue weighted by atomic mass is 32.1. The fraction of sp³-hybridized carbons (Fsp3) is 0.312. The maximum Gasteiger partial charge on any atom is 0.209 e. The number of rotatable bonds is 7. The zero-order chi connectivity index (χ0) is 17.8. The van der Waals surface area contributed by atoms with Crippen molar-refractivity contribution in [3.63, 3.8) is 0 Å².